The molecule has 1 aromatic carbocycles. The van der Waals surface area contributed by atoms with E-state index in [9.17, 15) is 14.7 Å². The highest BCUT2D eigenvalue weighted by Crippen LogP contribution is 2.39. The molecule has 5 rings (SSSR count). The zero-order valence-electron chi connectivity index (χ0n) is 18.9. The topological polar surface area (TPSA) is 78.7 Å². The lowest BCUT2D eigenvalue weighted by Gasteiger charge is -2.55. The number of carboxylic acid groups (broad SMARTS) is 1. The van der Waals surface area contributed by atoms with Gasteiger partial charge in [0.1, 0.15) is 0 Å². The summed E-state index contributed by atoms with van der Waals surface area (Å²) in [6, 6.07) is 8.88. The van der Waals surface area contributed by atoms with Crippen LogP contribution in [0.15, 0.2) is 29.1 Å². The van der Waals surface area contributed by atoms with E-state index < -0.39 is 11.5 Å². The summed E-state index contributed by atoms with van der Waals surface area (Å²) in [5.41, 5.74) is 0.494. The molecule has 3 fully saturated rings. The first kappa shape index (κ1) is 21.6. The average molecular weight is 439 g/mol. The van der Waals surface area contributed by atoms with Crippen LogP contribution in [0.3, 0.4) is 0 Å². The molecule has 32 heavy (non-hydrogen) atoms. The van der Waals surface area contributed by atoms with Gasteiger partial charge in [-0.2, -0.15) is 0 Å². The van der Waals surface area contributed by atoms with Crippen LogP contribution in [-0.4, -0.2) is 68.7 Å². The number of hydrogen-bond donors (Lipinski definition) is 1. The summed E-state index contributed by atoms with van der Waals surface area (Å²) >= 11 is 0. The third-order valence-electron chi connectivity index (χ3n) is 7.84. The lowest BCUT2D eigenvalue weighted by molar-refractivity contribution is -0.0512. The fourth-order valence-corrected chi connectivity index (χ4v) is 6.59. The van der Waals surface area contributed by atoms with Crippen molar-refractivity contribution in [2.45, 2.75) is 82.0 Å². The molecule has 2 aliphatic heterocycles. The second kappa shape index (κ2) is 8.94. The normalized spacial score (nSPS) is 28.3. The molecule has 7 nitrogen and oxygen atoms in total. The number of rotatable bonds is 3. The Bertz CT molecular complexity index is 1030. The van der Waals surface area contributed by atoms with Crippen LogP contribution in [0, 0.1) is 0 Å². The molecule has 7 heteroatoms. The van der Waals surface area contributed by atoms with Crippen LogP contribution < -0.4 is 5.56 Å². The number of fused-ring (bicyclic) bond motifs is 3. The third kappa shape index (κ3) is 3.97. The second-order valence-electron chi connectivity index (χ2n) is 10.0. The van der Waals surface area contributed by atoms with Crippen molar-refractivity contribution in [2.24, 2.45) is 0 Å². The second-order valence-corrected chi connectivity index (χ2v) is 10.0. The van der Waals surface area contributed by atoms with Crippen molar-refractivity contribution in [1.29, 1.82) is 0 Å². The van der Waals surface area contributed by atoms with Crippen LogP contribution in [0.25, 0.3) is 11.0 Å². The number of aromatic nitrogens is 2. The minimum atomic E-state index is -1.25. The van der Waals surface area contributed by atoms with Crippen molar-refractivity contribution >= 4 is 17.0 Å². The first-order chi connectivity index (χ1) is 15.5. The fraction of sp³-hybridized carbons (Fsp3) is 0.640. The van der Waals surface area contributed by atoms with Crippen LogP contribution in [0.2, 0.25) is 0 Å². The number of nitrogens with zero attached hydrogens (tertiary/aromatic N) is 4. The van der Waals surface area contributed by atoms with Crippen molar-refractivity contribution in [3.05, 3.63) is 40.3 Å². The highest BCUT2D eigenvalue weighted by molar-refractivity contribution is 5.88. The SMILES string of the molecule is CN1C[C@H]2C[C@@H](n3c(=O)c(C(=O)O)nc4ccccc43)C[C@@H](C1)N2C1CCCCCCC1. The lowest BCUT2D eigenvalue weighted by Crippen LogP contribution is -2.64. The first-order valence-corrected chi connectivity index (χ1v) is 12.2. The van der Waals surface area contributed by atoms with E-state index in [0.717, 1.165) is 31.4 Å². The van der Waals surface area contributed by atoms with Crippen molar-refractivity contribution in [3.63, 3.8) is 0 Å². The molecule has 0 spiro atoms. The third-order valence-corrected chi connectivity index (χ3v) is 7.84. The smallest absolute Gasteiger partial charge is 0.360 e. The summed E-state index contributed by atoms with van der Waals surface area (Å²) in [5, 5.41) is 9.62. The number of carboxylic acids is 1. The highest BCUT2D eigenvalue weighted by Gasteiger charge is 2.44. The van der Waals surface area contributed by atoms with E-state index in [1.165, 1.54) is 44.9 Å². The summed E-state index contributed by atoms with van der Waals surface area (Å²) in [4.78, 5) is 34.4. The van der Waals surface area contributed by atoms with Gasteiger partial charge in [-0.25, -0.2) is 9.78 Å². The molecule has 1 aliphatic carbocycles. The van der Waals surface area contributed by atoms with Crippen molar-refractivity contribution in [3.8, 4) is 0 Å². The number of carbonyl (C=O) groups is 1. The Morgan fingerprint density at radius 1 is 0.938 bits per heavy atom. The largest absolute Gasteiger partial charge is 0.476 e. The monoisotopic (exact) mass is 438 g/mol. The van der Waals surface area contributed by atoms with Gasteiger partial charge in [0, 0.05) is 37.3 Å². The molecule has 3 heterocycles. The molecule has 172 valence electrons. The summed E-state index contributed by atoms with van der Waals surface area (Å²) < 4.78 is 1.76. The first-order valence-electron chi connectivity index (χ1n) is 12.2. The number of piperazine rings is 1. The number of piperidine rings is 1. The van der Waals surface area contributed by atoms with Gasteiger partial charge >= 0.3 is 5.97 Å². The Morgan fingerprint density at radius 2 is 1.56 bits per heavy atom. The summed E-state index contributed by atoms with van der Waals surface area (Å²) in [7, 11) is 2.20. The molecule has 0 unspecified atom stereocenters. The predicted octanol–water partition coefficient (Wildman–Crippen LogP) is 3.53. The van der Waals surface area contributed by atoms with Crippen molar-refractivity contribution in [2.75, 3.05) is 20.1 Å². The lowest BCUT2D eigenvalue weighted by atomic mass is 9.83. The number of likely N-dealkylation sites (tertiary alicyclic amines) is 1. The highest BCUT2D eigenvalue weighted by atomic mass is 16.4. The average Bonchev–Trinajstić information content (AvgIpc) is 2.72. The van der Waals surface area contributed by atoms with Crippen LogP contribution in [0.4, 0.5) is 0 Å². The number of hydrogen-bond acceptors (Lipinski definition) is 5. The van der Waals surface area contributed by atoms with Gasteiger partial charge < -0.3 is 14.6 Å². The predicted molar refractivity (Wildman–Crippen MR) is 124 cm³/mol. The van der Waals surface area contributed by atoms with E-state index in [1.807, 2.05) is 18.2 Å². The number of likely N-dealkylation sites (N-methyl/N-ethyl adjacent to an activating group) is 1. The standard InChI is InChI=1S/C25H34N4O3/c1-27-15-19-13-18(14-20(16-27)28(19)17-9-5-3-2-4-6-10-17)29-22-12-8-7-11-21(22)26-23(24(29)30)25(31)32/h7-8,11-12,17-20H,2-6,9-10,13-16H2,1H3,(H,31,32)/t18-,19-,20+. The van der Waals surface area contributed by atoms with Gasteiger partial charge in [0.15, 0.2) is 0 Å². The summed E-state index contributed by atoms with van der Waals surface area (Å²) in [6.45, 7) is 2.01. The van der Waals surface area contributed by atoms with Gasteiger partial charge in [0.2, 0.25) is 5.69 Å². The quantitative estimate of drug-likeness (QED) is 0.790. The number of aromatic carboxylic acids is 1. The minimum Gasteiger partial charge on any atom is -0.476 e. The molecule has 2 saturated heterocycles. The van der Waals surface area contributed by atoms with Gasteiger partial charge in [-0.15, -0.1) is 0 Å². The molecule has 1 saturated carbocycles. The Balaban J connectivity index is 1.51. The molecule has 2 bridgehead atoms. The molecule has 2 aromatic rings. The van der Waals surface area contributed by atoms with E-state index >= 15 is 0 Å². The van der Waals surface area contributed by atoms with Gasteiger partial charge in [0.25, 0.3) is 5.56 Å². The van der Waals surface area contributed by atoms with Gasteiger partial charge in [-0.3, -0.25) is 9.69 Å². The van der Waals surface area contributed by atoms with Gasteiger partial charge in [-0.1, -0.05) is 44.2 Å². The summed E-state index contributed by atoms with van der Waals surface area (Å²) in [5.74, 6) is -1.25. The number of benzene rings is 1. The Morgan fingerprint density at radius 3 is 2.22 bits per heavy atom. The minimum absolute atomic E-state index is 0.00186. The maximum Gasteiger partial charge on any atom is 0.360 e. The molecule has 3 atom stereocenters. The van der Waals surface area contributed by atoms with Crippen LogP contribution >= 0.6 is 0 Å². The Hall–Kier alpha value is -2.25. The Kier molecular flexibility index (Phi) is 6.03. The molecular formula is C25H34N4O3. The Labute approximate surface area is 189 Å². The molecule has 0 amide bonds. The maximum atomic E-state index is 13.3. The summed E-state index contributed by atoms with van der Waals surface area (Å²) in [6.07, 6.45) is 11.0. The van der Waals surface area contributed by atoms with E-state index in [1.54, 1.807) is 10.6 Å². The van der Waals surface area contributed by atoms with Crippen LogP contribution in [0.5, 0.6) is 0 Å². The molecule has 1 aromatic heterocycles. The number of para-hydroxylation sites is 2. The van der Waals surface area contributed by atoms with Crippen molar-refractivity contribution < 1.29 is 9.90 Å². The van der Waals surface area contributed by atoms with Gasteiger partial charge in [-0.05, 0) is 44.9 Å². The van der Waals surface area contributed by atoms with E-state index in [2.05, 4.69) is 21.8 Å². The van der Waals surface area contributed by atoms with E-state index in [0.29, 0.717) is 23.6 Å². The van der Waals surface area contributed by atoms with E-state index in [-0.39, 0.29) is 11.7 Å². The van der Waals surface area contributed by atoms with Gasteiger partial charge in [0.05, 0.1) is 11.0 Å². The fourth-order valence-electron chi connectivity index (χ4n) is 6.59. The van der Waals surface area contributed by atoms with E-state index in [4.69, 9.17) is 0 Å². The maximum absolute atomic E-state index is 13.3. The van der Waals surface area contributed by atoms with Crippen LogP contribution in [-0.2, 0) is 0 Å². The molecular weight excluding hydrogens is 404 g/mol. The van der Waals surface area contributed by atoms with Crippen LogP contribution in [0.1, 0.15) is 74.3 Å². The zero-order valence-corrected chi connectivity index (χ0v) is 18.9. The zero-order chi connectivity index (χ0) is 22.2. The molecule has 0 radical (unpaired) electrons. The molecule has 1 N–H and O–H groups in total. The molecule has 3 aliphatic rings. The van der Waals surface area contributed by atoms with Crippen molar-refractivity contribution in [1.82, 2.24) is 19.4 Å².